The van der Waals surface area contributed by atoms with E-state index in [-0.39, 0.29) is 12.5 Å². The summed E-state index contributed by atoms with van der Waals surface area (Å²) in [6, 6.07) is 27.3. The fourth-order valence-electron chi connectivity index (χ4n) is 3.73. The quantitative estimate of drug-likeness (QED) is 0.627. The van der Waals surface area contributed by atoms with Crippen LogP contribution in [0.25, 0.3) is 0 Å². The van der Waals surface area contributed by atoms with Gasteiger partial charge in [-0.1, -0.05) is 78.9 Å². The number of urea groups is 1. The van der Waals surface area contributed by atoms with Crippen LogP contribution in [-0.4, -0.2) is 29.3 Å². The number of carbonyl (C=O) groups excluding carboxylic acids is 3. The van der Waals surface area contributed by atoms with Crippen LogP contribution in [0, 0.1) is 0 Å². The van der Waals surface area contributed by atoms with E-state index >= 15 is 0 Å². The first-order valence-corrected chi connectivity index (χ1v) is 10.1. The van der Waals surface area contributed by atoms with E-state index in [0.717, 1.165) is 10.5 Å². The zero-order valence-electron chi connectivity index (χ0n) is 17.2. The second-order valence-corrected chi connectivity index (χ2v) is 7.61. The smallest absolute Gasteiger partial charge is 0.319 e. The summed E-state index contributed by atoms with van der Waals surface area (Å²) in [6.45, 7) is 1.66. The van der Waals surface area contributed by atoms with Gasteiger partial charge in [0.1, 0.15) is 12.1 Å². The second kappa shape index (κ2) is 8.44. The van der Waals surface area contributed by atoms with E-state index in [0.29, 0.717) is 17.8 Å². The molecule has 0 aliphatic carbocycles. The summed E-state index contributed by atoms with van der Waals surface area (Å²) >= 11 is 0. The summed E-state index contributed by atoms with van der Waals surface area (Å²) in [5.41, 5.74) is 1.13. The predicted octanol–water partition coefficient (Wildman–Crippen LogP) is 3.69. The number of carbonyl (C=O) groups is 3. The van der Waals surface area contributed by atoms with Gasteiger partial charge >= 0.3 is 6.03 Å². The van der Waals surface area contributed by atoms with Crippen molar-refractivity contribution in [3.8, 4) is 0 Å². The first-order chi connectivity index (χ1) is 15.0. The minimum absolute atomic E-state index is 0.337. The molecular weight excluding hydrogens is 390 g/mol. The summed E-state index contributed by atoms with van der Waals surface area (Å²) in [4.78, 5) is 41.7. The largest absolute Gasteiger partial charge is 0.325 e. The molecule has 4 amide bonds. The lowest BCUT2D eigenvalue weighted by Crippen LogP contribution is -2.44. The van der Waals surface area contributed by atoms with Crippen molar-refractivity contribution in [3.63, 3.8) is 0 Å². The molecule has 31 heavy (non-hydrogen) atoms. The molecule has 4 rings (SSSR count). The van der Waals surface area contributed by atoms with Gasteiger partial charge in [0.25, 0.3) is 5.91 Å². The molecule has 0 radical (unpaired) electrons. The Balaban J connectivity index is 1.58. The highest BCUT2D eigenvalue weighted by atomic mass is 16.2. The molecule has 1 saturated heterocycles. The summed E-state index contributed by atoms with van der Waals surface area (Å²) < 4.78 is 0. The van der Waals surface area contributed by atoms with Crippen molar-refractivity contribution in [2.45, 2.75) is 19.0 Å². The van der Waals surface area contributed by atoms with Gasteiger partial charge < -0.3 is 10.2 Å². The zero-order valence-corrected chi connectivity index (χ0v) is 17.2. The predicted molar refractivity (Wildman–Crippen MR) is 118 cm³/mol. The first kappa shape index (κ1) is 20.3. The molecule has 0 aromatic heterocycles. The molecule has 0 spiro atoms. The Labute approximate surface area is 181 Å². The van der Waals surface area contributed by atoms with Crippen LogP contribution in [0.1, 0.15) is 18.1 Å². The molecule has 1 aliphatic rings. The zero-order chi connectivity index (χ0) is 21.8. The Morgan fingerprint density at radius 1 is 0.871 bits per heavy atom. The maximum absolute atomic E-state index is 13.3. The van der Waals surface area contributed by atoms with E-state index in [4.69, 9.17) is 0 Å². The average Bonchev–Trinajstić information content (AvgIpc) is 3.03. The van der Waals surface area contributed by atoms with Crippen molar-refractivity contribution >= 4 is 23.5 Å². The second-order valence-electron chi connectivity index (χ2n) is 7.61. The Morgan fingerprint density at radius 2 is 1.42 bits per heavy atom. The minimum Gasteiger partial charge on any atom is -0.319 e. The highest BCUT2D eigenvalue weighted by Gasteiger charge is 2.49. The molecule has 0 bridgehead atoms. The number of hydrogen-bond acceptors (Lipinski definition) is 3. The molecule has 1 N–H and O–H groups in total. The standard InChI is InChI=1S/C25H23N3O3/c1-25(20-13-7-3-8-14-20)23(30)28(24(31)26-25)18-22(29)27(21-15-9-4-10-16-21)17-19-11-5-2-6-12-19/h2-16H,17-18H2,1H3,(H,26,31)/t25-/m0/s1. The SMILES string of the molecule is C[C@@]1(c2ccccc2)NC(=O)N(CC(=O)N(Cc2ccccc2)c2ccccc2)C1=O. The van der Waals surface area contributed by atoms with Crippen LogP contribution in [-0.2, 0) is 21.7 Å². The first-order valence-electron chi connectivity index (χ1n) is 10.1. The maximum Gasteiger partial charge on any atom is 0.325 e. The van der Waals surface area contributed by atoms with Gasteiger partial charge in [0.15, 0.2) is 0 Å². The Bertz CT molecular complexity index is 1090. The molecular formula is C25H23N3O3. The van der Waals surface area contributed by atoms with Gasteiger partial charge in [-0.05, 0) is 30.2 Å². The number of nitrogens with zero attached hydrogens (tertiary/aromatic N) is 2. The van der Waals surface area contributed by atoms with E-state index in [9.17, 15) is 14.4 Å². The van der Waals surface area contributed by atoms with Crippen LogP contribution in [0.2, 0.25) is 0 Å². The highest BCUT2D eigenvalue weighted by Crippen LogP contribution is 2.29. The Kier molecular flexibility index (Phi) is 5.54. The molecule has 1 fully saturated rings. The summed E-state index contributed by atoms with van der Waals surface area (Å²) in [7, 11) is 0. The van der Waals surface area contributed by atoms with Gasteiger partial charge in [-0.2, -0.15) is 0 Å². The third-order valence-electron chi connectivity index (χ3n) is 5.47. The molecule has 1 heterocycles. The van der Waals surface area contributed by atoms with Gasteiger partial charge in [-0.25, -0.2) is 4.79 Å². The fourth-order valence-corrected chi connectivity index (χ4v) is 3.73. The van der Waals surface area contributed by atoms with Crippen molar-refractivity contribution in [3.05, 3.63) is 102 Å². The molecule has 6 heteroatoms. The highest BCUT2D eigenvalue weighted by molar-refractivity contribution is 6.10. The molecule has 0 saturated carbocycles. The van der Waals surface area contributed by atoms with Crippen molar-refractivity contribution in [2.24, 2.45) is 0 Å². The maximum atomic E-state index is 13.3. The summed E-state index contributed by atoms with van der Waals surface area (Å²) in [5, 5.41) is 2.75. The number of imide groups is 1. The number of para-hydroxylation sites is 1. The summed E-state index contributed by atoms with van der Waals surface area (Å²) in [6.07, 6.45) is 0. The number of amides is 4. The lowest BCUT2D eigenvalue weighted by atomic mass is 9.92. The molecule has 1 aliphatic heterocycles. The van der Waals surface area contributed by atoms with Crippen LogP contribution >= 0.6 is 0 Å². The van der Waals surface area contributed by atoms with Crippen molar-refractivity contribution in [2.75, 3.05) is 11.4 Å². The monoisotopic (exact) mass is 413 g/mol. The van der Waals surface area contributed by atoms with E-state index < -0.39 is 17.5 Å². The van der Waals surface area contributed by atoms with Gasteiger partial charge in [0.2, 0.25) is 5.91 Å². The third kappa shape index (κ3) is 4.05. The number of benzene rings is 3. The molecule has 1 atom stereocenters. The van der Waals surface area contributed by atoms with Crippen molar-refractivity contribution in [1.29, 1.82) is 0 Å². The molecule has 3 aromatic carbocycles. The van der Waals surface area contributed by atoms with Crippen LogP contribution in [0.3, 0.4) is 0 Å². The van der Waals surface area contributed by atoms with Crippen molar-refractivity contribution in [1.82, 2.24) is 10.2 Å². The van der Waals surface area contributed by atoms with Crippen LogP contribution in [0.15, 0.2) is 91.0 Å². The van der Waals surface area contributed by atoms with Gasteiger partial charge in [-0.3, -0.25) is 14.5 Å². The molecule has 0 unspecified atom stereocenters. The average molecular weight is 413 g/mol. The lowest BCUT2D eigenvalue weighted by molar-refractivity contribution is -0.134. The van der Waals surface area contributed by atoms with E-state index in [1.165, 1.54) is 0 Å². The van der Waals surface area contributed by atoms with E-state index in [2.05, 4.69) is 5.32 Å². The third-order valence-corrected chi connectivity index (χ3v) is 5.47. The Hall–Kier alpha value is -3.93. The fraction of sp³-hybridized carbons (Fsp3) is 0.160. The van der Waals surface area contributed by atoms with Crippen LogP contribution in [0.4, 0.5) is 10.5 Å². The van der Waals surface area contributed by atoms with Crippen LogP contribution < -0.4 is 10.2 Å². The normalized spacial score (nSPS) is 18.0. The summed E-state index contributed by atoms with van der Waals surface area (Å²) in [5.74, 6) is -0.777. The van der Waals surface area contributed by atoms with Gasteiger partial charge in [0.05, 0.1) is 6.54 Å². The molecule has 6 nitrogen and oxygen atoms in total. The number of anilines is 1. The van der Waals surface area contributed by atoms with E-state index in [1.54, 1.807) is 24.0 Å². The molecule has 3 aromatic rings. The molecule has 156 valence electrons. The topological polar surface area (TPSA) is 69.7 Å². The van der Waals surface area contributed by atoms with Gasteiger partial charge in [-0.15, -0.1) is 0 Å². The van der Waals surface area contributed by atoms with Gasteiger partial charge in [0, 0.05) is 5.69 Å². The number of nitrogens with one attached hydrogen (secondary N) is 1. The Morgan fingerprint density at radius 3 is 2.03 bits per heavy atom. The van der Waals surface area contributed by atoms with Crippen LogP contribution in [0.5, 0.6) is 0 Å². The number of hydrogen-bond donors (Lipinski definition) is 1. The van der Waals surface area contributed by atoms with E-state index in [1.807, 2.05) is 78.9 Å². The lowest BCUT2D eigenvalue weighted by Gasteiger charge is -2.26. The number of rotatable bonds is 6. The minimum atomic E-state index is -1.20. The van der Waals surface area contributed by atoms with Crippen molar-refractivity contribution < 1.29 is 14.4 Å².